The van der Waals surface area contributed by atoms with Gasteiger partial charge in [-0.25, -0.2) is 0 Å². The van der Waals surface area contributed by atoms with E-state index in [1.54, 1.807) is 30.3 Å². The predicted molar refractivity (Wildman–Crippen MR) is 81.1 cm³/mol. The van der Waals surface area contributed by atoms with Gasteiger partial charge >= 0.3 is 0 Å². The number of nitrogens with zero attached hydrogens (tertiary/aromatic N) is 1. The van der Waals surface area contributed by atoms with Crippen molar-refractivity contribution in [1.82, 2.24) is 0 Å². The fourth-order valence-electron chi connectivity index (χ4n) is 2.04. The van der Waals surface area contributed by atoms with E-state index in [1.165, 1.54) is 0 Å². The van der Waals surface area contributed by atoms with Crippen LogP contribution in [0.3, 0.4) is 0 Å². The highest BCUT2D eigenvalue weighted by Gasteiger charge is 2.08. The molecule has 2 aromatic rings. The van der Waals surface area contributed by atoms with E-state index in [0.717, 1.165) is 17.7 Å². The molecule has 0 aromatic heterocycles. The molecule has 1 atom stereocenters. The Labute approximate surface area is 123 Å². The lowest BCUT2D eigenvalue weighted by Crippen LogP contribution is -2.18. The molecule has 4 heteroatoms. The van der Waals surface area contributed by atoms with E-state index < -0.39 is 0 Å². The van der Waals surface area contributed by atoms with E-state index >= 15 is 0 Å². The van der Waals surface area contributed by atoms with Crippen molar-refractivity contribution >= 4 is 17.3 Å². The van der Waals surface area contributed by atoms with Gasteiger partial charge in [0.2, 0.25) is 0 Å². The Morgan fingerprint density at radius 1 is 1.25 bits per heavy atom. The van der Waals surface area contributed by atoms with Gasteiger partial charge in [0.1, 0.15) is 11.8 Å². The lowest BCUT2D eigenvalue weighted by molar-refractivity contribution is 0.475. The smallest absolute Gasteiger partial charge is 0.115 e. The summed E-state index contributed by atoms with van der Waals surface area (Å²) in [6.45, 7) is 2.04. The molecule has 2 aromatic carbocycles. The molecule has 0 bridgehead atoms. The first-order valence-corrected chi connectivity index (χ1v) is 6.70. The van der Waals surface area contributed by atoms with Crippen molar-refractivity contribution < 1.29 is 5.11 Å². The number of hydrogen-bond donors (Lipinski definition) is 2. The van der Waals surface area contributed by atoms with Gasteiger partial charge in [-0.1, -0.05) is 23.7 Å². The maximum atomic E-state index is 9.26. The summed E-state index contributed by atoms with van der Waals surface area (Å²) in [5.41, 5.74) is 2.43. The molecule has 0 aliphatic carbocycles. The summed E-state index contributed by atoms with van der Waals surface area (Å²) in [6, 6.07) is 14.6. The molecule has 0 amide bonds. The summed E-state index contributed by atoms with van der Waals surface area (Å²) < 4.78 is 0. The molecule has 20 heavy (non-hydrogen) atoms. The molecule has 3 nitrogen and oxygen atoms in total. The van der Waals surface area contributed by atoms with Crippen LogP contribution in [-0.2, 0) is 6.42 Å². The highest BCUT2D eigenvalue weighted by molar-refractivity contribution is 6.30. The Morgan fingerprint density at radius 3 is 2.60 bits per heavy atom. The van der Waals surface area contributed by atoms with Crippen LogP contribution in [-0.4, -0.2) is 11.1 Å². The zero-order valence-corrected chi connectivity index (χ0v) is 11.9. The lowest BCUT2D eigenvalue weighted by Gasteiger charge is -2.16. The van der Waals surface area contributed by atoms with Crippen LogP contribution in [0.2, 0.25) is 5.02 Å². The normalized spacial score (nSPS) is 11.7. The standard InChI is InChI=1S/C16H15ClN2O/c1-11(8-12-2-6-15(20)7-3-12)19-16-9-14(17)5-4-13(16)10-18/h2-7,9,11,19-20H,8H2,1H3. The Hall–Kier alpha value is -2.18. The minimum Gasteiger partial charge on any atom is -0.508 e. The van der Waals surface area contributed by atoms with Gasteiger partial charge in [-0.15, -0.1) is 0 Å². The predicted octanol–water partition coefficient (Wildman–Crippen LogP) is 3.96. The quantitative estimate of drug-likeness (QED) is 0.894. The fraction of sp³-hybridized carbons (Fsp3) is 0.188. The molecule has 2 N–H and O–H groups in total. The van der Waals surface area contributed by atoms with Gasteiger partial charge in [0.05, 0.1) is 11.3 Å². The van der Waals surface area contributed by atoms with Gasteiger partial charge in [0, 0.05) is 11.1 Å². The first-order chi connectivity index (χ1) is 9.58. The van der Waals surface area contributed by atoms with E-state index in [2.05, 4.69) is 11.4 Å². The zero-order chi connectivity index (χ0) is 14.5. The molecule has 2 rings (SSSR count). The minimum absolute atomic E-state index is 0.144. The summed E-state index contributed by atoms with van der Waals surface area (Å²) >= 11 is 5.96. The molecular formula is C16H15ClN2O. The van der Waals surface area contributed by atoms with Gasteiger partial charge in [-0.3, -0.25) is 0 Å². The maximum absolute atomic E-state index is 9.26. The van der Waals surface area contributed by atoms with E-state index in [-0.39, 0.29) is 11.8 Å². The molecular weight excluding hydrogens is 272 g/mol. The lowest BCUT2D eigenvalue weighted by atomic mass is 10.1. The Kier molecular flexibility index (Phi) is 4.49. The molecule has 0 radical (unpaired) electrons. The Morgan fingerprint density at radius 2 is 1.95 bits per heavy atom. The number of halogens is 1. The molecule has 0 saturated heterocycles. The SMILES string of the molecule is CC(Cc1ccc(O)cc1)Nc1cc(Cl)ccc1C#N. The number of rotatable bonds is 4. The maximum Gasteiger partial charge on any atom is 0.115 e. The zero-order valence-electron chi connectivity index (χ0n) is 11.1. The monoisotopic (exact) mass is 286 g/mol. The number of benzene rings is 2. The number of phenols is 1. The topological polar surface area (TPSA) is 56.0 Å². The van der Waals surface area contributed by atoms with Crippen LogP contribution in [0.1, 0.15) is 18.1 Å². The van der Waals surface area contributed by atoms with E-state index in [1.807, 2.05) is 19.1 Å². The van der Waals surface area contributed by atoms with Gasteiger partial charge in [-0.2, -0.15) is 5.26 Å². The second kappa shape index (κ2) is 6.31. The van der Waals surface area contributed by atoms with Gasteiger partial charge in [-0.05, 0) is 49.2 Å². The van der Waals surface area contributed by atoms with Crippen LogP contribution in [0.5, 0.6) is 5.75 Å². The molecule has 0 aliphatic rings. The van der Waals surface area contributed by atoms with Crippen molar-refractivity contribution in [1.29, 1.82) is 5.26 Å². The minimum atomic E-state index is 0.144. The van der Waals surface area contributed by atoms with Crippen molar-refractivity contribution in [3.05, 3.63) is 58.6 Å². The summed E-state index contributed by atoms with van der Waals surface area (Å²) in [7, 11) is 0. The summed E-state index contributed by atoms with van der Waals surface area (Å²) in [4.78, 5) is 0. The average molecular weight is 287 g/mol. The number of nitriles is 1. The van der Waals surface area contributed by atoms with Crippen LogP contribution in [0.15, 0.2) is 42.5 Å². The van der Waals surface area contributed by atoms with Crippen LogP contribution < -0.4 is 5.32 Å². The first-order valence-electron chi connectivity index (χ1n) is 6.32. The van der Waals surface area contributed by atoms with Crippen molar-refractivity contribution in [3.8, 4) is 11.8 Å². The molecule has 1 unspecified atom stereocenters. The number of nitrogens with one attached hydrogen (secondary N) is 1. The summed E-state index contributed by atoms with van der Waals surface area (Å²) in [5.74, 6) is 0.260. The van der Waals surface area contributed by atoms with Crippen molar-refractivity contribution in [3.63, 3.8) is 0 Å². The van der Waals surface area contributed by atoms with Gasteiger partial charge in [0.25, 0.3) is 0 Å². The molecule has 0 heterocycles. The first kappa shape index (κ1) is 14.2. The molecule has 102 valence electrons. The fourth-order valence-corrected chi connectivity index (χ4v) is 2.21. The highest BCUT2D eigenvalue weighted by Crippen LogP contribution is 2.22. The third-order valence-electron chi connectivity index (χ3n) is 2.98. The molecule has 0 aliphatic heterocycles. The van der Waals surface area contributed by atoms with E-state index in [9.17, 15) is 5.11 Å². The number of aromatic hydroxyl groups is 1. The summed E-state index contributed by atoms with van der Waals surface area (Å²) in [6.07, 6.45) is 0.789. The van der Waals surface area contributed by atoms with Crippen molar-refractivity contribution in [2.45, 2.75) is 19.4 Å². The number of hydrogen-bond acceptors (Lipinski definition) is 3. The highest BCUT2D eigenvalue weighted by atomic mass is 35.5. The van der Waals surface area contributed by atoms with Gasteiger partial charge < -0.3 is 10.4 Å². The number of phenolic OH excluding ortho intramolecular Hbond substituents is 1. The van der Waals surface area contributed by atoms with E-state index in [0.29, 0.717) is 10.6 Å². The summed E-state index contributed by atoms with van der Waals surface area (Å²) in [5, 5.41) is 22.2. The average Bonchev–Trinajstić information content (AvgIpc) is 2.41. The second-order valence-electron chi connectivity index (χ2n) is 4.72. The molecule has 0 spiro atoms. The number of anilines is 1. The van der Waals surface area contributed by atoms with Crippen LogP contribution in [0.25, 0.3) is 0 Å². The molecule has 0 saturated carbocycles. The Bertz CT molecular complexity index is 632. The van der Waals surface area contributed by atoms with Crippen LogP contribution in [0.4, 0.5) is 5.69 Å². The third kappa shape index (κ3) is 3.66. The van der Waals surface area contributed by atoms with Crippen LogP contribution in [0, 0.1) is 11.3 Å². The van der Waals surface area contributed by atoms with Crippen molar-refractivity contribution in [2.24, 2.45) is 0 Å². The Balaban J connectivity index is 2.08. The third-order valence-corrected chi connectivity index (χ3v) is 3.22. The molecule has 0 fully saturated rings. The largest absolute Gasteiger partial charge is 0.508 e. The second-order valence-corrected chi connectivity index (χ2v) is 5.15. The van der Waals surface area contributed by atoms with Gasteiger partial charge in [0.15, 0.2) is 0 Å². The van der Waals surface area contributed by atoms with Crippen LogP contribution >= 0.6 is 11.6 Å². The van der Waals surface area contributed by atoms with E-state index in [4.69, 9.17) is 16.9 Å². The van der Waals surface area contributed by atoms with Crippen molar-refractivity contribution in [2.75, 3.05) is 5.32 Å².